The Labute approximate surface area is 139 Å². The van der Waals surface area contributed by atoms with Crippen LogP contribution in [0.25, 0.3) is 0 Å². The van der Waals surface area contributed by atoms with Crippen molar-refractivity contribution in [3.8, 4) is 0 Å². The summed E-state index contributed by atoms with van der Waals surface area (Å²) in [7, 11) is 0. The van der Waals surface area contributed by atoms with Crippen LogP contribution in [0, 0.1) is 5.82 Å². The van der Waals surface area contributed by atoms with E-state index in [0.717, 1.165) is 16.6 Å². The molecule has 2 heterocycles. The highest BCUT2D eigenvalue weighted by Gasteiger charge is 2.34. The third-order valence-corrected chi connectivity index (χ3v) is 4.65. The first-order chi connectivity index (χ1) is 11.5. The summed E-state index contributed by atoms with van der Waals surface area (Å²) in [6, 6.07) is 5.75. The van der Waals surface area contributed by atoms with E-state index in [4.69, 9.17) is 5.73 Å². The Morgan fingerprint density at radius 1 is 1.33 bits per heavy atom. The van der Waals surface area contributed by atoms with Crippen LogP contribution in [0.5, 0.6) is 0 Å². The fourth-order valence-electron chi connectivity index (χ4n) is 2.24. The second kappa shape index (κ2) is 6.40. The number of carbonyl (C=O) groups is 3. The third kappa shape index (κ3) is 3.13. The highest BCUT2D eigenvalue weighted by Crippen LogP contribution is 2.38. The van der Waals surface area contributed by atoms with Gasteiger partial charge in [0, 0.05) is 0 Å². The van der Waals surface area contributed by atoms with Gasteiger partial charge >= 0.3 is 0 Å². The quantitative estimate of drug-likeness (QED) is 0.857. The van der Waals surface area contributed by atoms with Crippen LogP contribution in [0.2, 0.25) is 0 Å². The van der Waals surface area contributed by atoms with E-state index in [1.165, 1.54) is 28.8 Å². The number of benzene rings is 1. The van der Waals surface area contributed by atoms with E-state index in [2.05, 4.69) is 10.1 Å². The largest absolute Gasteiger partial charge is 0.363 e. The van der Waals surface area contributed by atoms with E-state index in [-0.39, 0.29) is 35.2 Å². The lowest BCUT2D eigenvalue weighted by molar-refractivity contribution is -0.127. The van der Waals surface area contributed by atoms with Gasteiger partial charge in [0.2, 0.25) is 11.7 Å². The SMILES string of the molecule is NC(=O)c1ncn(C(=O)CN2C(=O)CSC2c2ccc(F)cc2)n1. The predicted molar refractivity (Wildman–Crippen MR) is 82.5 cm³/mol. The lowest BCUT2D eigenvalue weighted by Crippen LogP contribution is -2.36. The molecule has 1 aromatic carbocycles. The summed E-state index contributed by atoms with van der Waals surface area (Å²) in [6.45, 7) is -0.241. The number of nitrogens with zero attached hydrogens (tertiary/aromatic N) is 4. The summed E-state index contributed by atoms with van der Waals surface area (Å²) in [5.41, 5.74) is 5.76. The van der Waals surface area contributed by atoms with Crippen molar-refractivity contribution in [1.82, 2.24) is 19.7 Å². The van der Waals surface area contributed by atoms with Gasteiger partial charge in [0.1, 0.15) is 24.1 Å². The standard InChI is InChI=1S/C14H12FN5O3S/c15-9-3-1-8(2-4-9)14-19(11(22)6-24-14)5-10(21)20-7-17-13(18-20)12(16)23/h1-4,7,14H,5-6H2,(H2,16,23). The summed E-state index contributed by atoms with van der Waals surface area (Å²) < 4.78 is 13.9. The first-order valence-corrected chi connectivity index (χ1v) is 7.92. The van der Waals surface area contributed by atoms with Crippen LogP contribution in [0.15, 0.2) is 30.6 Å². The number of hydrogen-bond donors (Lipinski definition) is 1. The molecule has 0 aliphatic carbocycles. The summed E-state index contributed by atoms with van der Waals surface area (Å²) in [6.07, 6.45) is 1.07. The normalized spacial score (nSPS) is 17.3. The molecular weight excluding hydrogens is 337 g/mol. The van der Waals surface area contributed by atoms with Crippen LogP contribution < -0.4 is 5.73 Å². The number of amides is 2. The minimum Gasteiger partial charge on any atom is -0.363 e. The number of thioether (sulfide) groups is 1. The van der Waals surface area contributed by atoms with E-state index >= 15 is 0 Å². The van der Waals surface area contributed by atoms with Crippen molar-refractivity contribution >= 4 is 29.5 Å². The van der Waals surface area contributed by atoms with Crippen LogP contribution in [0.3, 0.4) is 0 Å². The molecule has 124 valence electrons. The van der Waals surface area contributed by atoms with Crippen molar-refractivity contribution in [2.45, 2.75) is 5.37 Å². The molecule has 0 radical (unpaired) electrons. The van der Waals surface area contributed by atoms with Gasteiger partial charge in [-0.25, -0.2) is 9.37 Å². The molecule has 1 aromatic heterocycles. The fraction of sp³-hybridized carbons (Fsp3) is 0.214. The molecule has 10 heteroatoms. The third-order valence-electron chi connectivity index (χ3n) is 3.40. The lowest BCUT2D eigenvalue weighted by atomic mass is 10.2. The van der Waals surface area contributed by atoms with Crippen LogP contribution in [-0.4, -0.2) is 49.7 Å². The smallest absolute Gasteiger partial charge is 0.288 e. The maximum atomic E-state index is 13.0. The number of halogens is 1. The number of hydrogen-bond acceptors (Lipinski definition) is 6. The second-order valence-electron chi connectivity index (χ2n) is 5.01. The summed E-state index contributed by atoms with van der Waals surface area (Å²) in [4.78, 5) is 40.3. The molecule has 3 rings (SSSR count). The molecule has 8 nitrogen and oxygen atoms in total. The molecule has 1 aliphatic heterocycles. The van der Waals surface area contributed by atoms with Crippen molar-refractivity contribution in [3.63, 3.8) is 0 Å². The number of carbonyl (C=O) groups excluding carboxylic acids is 3. The Hall–Kier alpha value is -2.75. The van der Waals surface area contributed by atoms with Gasteiger partial charge in [-0.15, -0.1) is 16.9 Å². The van der Waals surface area contributed by atoms with E-state index in [1.807, 2.05) is 0 Å². The molecule has 0 saturated carbocycles. The van der Waals surface area contributed by atoms with Crippen LogP contribution in [0.4, 0.5) is 4.39 Å². The van der Waals surface area contributed by atoms with Crippen LogP contribution in [-0.2, 0) is 4.79 Å². The van der Waals surface area contributed by atoms with E-state index in [9.17, 15) is 18.8 Å². The molecule has 1 fully saturated rings. The van der Waals surface area contributed by atoms with Gasteiger partial charge in [-0.05, 0) is 17.7 Å². The monoisotopic (exact) mass is 349 g/mol. The van der Waals surface area contributed by atoms with Crippen LogP contribution in [0.1, 0.15) is 26.4 Å². The molecule has 2 N–H and O–H groups in total. The van der Waals surface area contributed by atoms with Gasteiger partial charge in [0.05, 0.1) is 5.75 Å². The maximum Gasteiger partial charge on any atom is 0.288 e. The average Bonchev–Trinajstić information content (AvgIpc) is 3.17. The summed E-state index contributed by atoms with van der Waals surface area (Å²) in [5.74, 6) is -2.02. The van der Waals surface area contributed by atoms with Crippen molar-refractivity contribution in [1.29, 1.82) is 0 Å². The van der Waals surface area contributed by atoms with Crippen molar-refractivity contribution in [2.75, 3.05) is 12.3 Å². The molecule has 2 aromatic rings. The molecule has 1 unspecified atom stereocenters. The highest BCUT2D eigenvalue weighted by atomic mass is 32.2. The Balaban J connectivity index is 1.78. The van der Waals surface area contributed by atoms with Gasteiger partial charge in [0.15, 0.2) is 0 Å². The molecule has 1 atom stereocenters. The molecule has 1 aliphatic rings. The molecule has 24 heavy (non-hydrogen) atoms. The van der Waals surface area contributed by atoms with Gasteiger partial charge in [-0.2, -0.15) is 4.68 Å². The van der Waals surface area contributed by atoms with Gasteiger partial charge in [0.25, 0.3) is 11.8 Å². The summed E-state index contributed by atoms with van der Waals surface area (Å²) in [5, 5.41) is 3.29. The van der Waals surface area contributed by atoms with Gasteiger partial charge in [-0.1, -0.05) is 12.1 Å². The Kier molecular flexibility index (Phi) is 4.30. The Bertz CT molecular complexity index is 807. The maximum absolute atomic E-state index is 13.0. The highest BCUT2D eigenvalue weighted by molar-refractivity contribution is 8.00. The molecule has 1 saturated heterocycles. The lowest BCUT2D eigenvalue weighted by Gasteiger charge is -2.23. The Morgan fingerprint density at radius 2 is 2.04 bits per heavy atom. The average molecular weight is 349 g/mol. The number of aromatic nitrogens is 3. The molecule has 0 spiro atoms. The van der Waals surface area contributed by atoms with Crippen molar-refractivity contribution < 1.29 is 18.8 Å². The first kappa shape index (κ1) is 16.1. The number of nitrogens with two attached hydrogens (primary N) is 1. The second-order valence-corrected chi connectivity index (χ2v) is 6.08. The molecule has 0 bridgehead atoms. The first-order valence-electron chi connectivity index (χ1n) is 6.87. The summed E-state index contributed by atoms with van der Waals surface area (Å²) >= 11 is 1.35. The van der Waals surface area contributed by atoms with Gasteiger partial charge < -0.3 is 10.6 Å². The molecular formula is C14H12FN5O3S. The minimum atomic E-state index is -0.849. The zero-order valence-corrected chi connectivity index (χ0v) is 13.1. The Morgan fingerprint density at radius 3 is 2.67 bits per heavy atom. The fourth-order valence-corrected chi connectivity index (χ4v) is 3.43. The zero-order valence-electron chi connectivity index (χ0n) is 12.3. The van der Waals surface area contributed by atoms with Crippen LogP contribution >= 0.6 is 11.8 Å². The van der Waals surface area contributed by atoms with Gasteiger partial charge in [-0.3, -0.25) is 14.4 Å². The minimum absolute atomic E-state index is 0.210. The van der Waals surface area contributed by atoms with Crippen molar-refractivity contribution in [2.24, 2.45) is 5.73 Å². The van der Waals surface area contributed by atoms with E-state index in [0.29, 0.717) is 0 Å². The van der Waals surface area contributed by atoms with E-state index in [1.54, 1.807) is 12.1 Å². The van der Waals surface area contributed by atoms with E-state index < -0.39 is 11.8 Å². The predicted octanol–water partition coefficient (Wildman–Crippen LogP) is 0.430. The molecule has 2 amide bonds. The van der Waals surface area contributed by atoms with Crippen molar-refractivity contribution in [3.05, 3.63) is 47.8 Å². The number of primary amides is 1. The number of rotatable bonds is 4. The zero-order chi connectivity index (χ0) is 17.3. The topological polar surface area (TPSA) is 111 Å².